The fourth-order valence-electron chi connectivity index (χ4n) is 4.48. The topological polar surface area (TPSA) is 83.7 Å². The highest BCUT2D eigenvalue weighted by molar-refractivity contribution is 7.91. The first-order valence-corrected chi connectivity index (χ1v) is 15.2. The first-order valence-electron chi connectivity index (χ1n) is 11.7. The molecule has 36 heavy (non-hydrogen) atoms. The average molecular weight is 564 g/mol. The number of piperidine rings is 1. The summed E-state index contributed by atoms with van der Waals surface area (Å²) in [6, 6.07) is 12.8. The van der Waals surface area contributed by atoms with E-state index < -0.39 is 15.9 Å². The molecule has 1 aliphatic heterocycles. The fraction of sp³-hybridized carbons (Fsp3) is 0.360. The summed E-state index contributed by atoms with van der Waals surface area (Å²) in [5.41, 5.74) is 2.03. The molecule has 4 aromatic rings. The quantitative estimate of drug-likeness (QED) is 0.261. The van der Waals surface area contributed by atoms with Crippen LogP contribution in [0.3, 0.4) is 0 Å². The second kappa shape index (κ2) is 10.3. The van der Waals surface area contributed by atoms with E-state index in [1.165, 1.54) is 21.7 Å². The van der Waals surface area contributed by atoms with Crippen LogP contribution in [0.15, 0.2) is 57.4 Å². The van der Waals surface area contributed by atoms with Crippen LogP contribution in [-0.4, -0.2) is 36.7 Å². The monoisotopic (exact) mass is 563 g/mol. The number of thiophene rings is 1. The van der Waals surface area contributed by atoms with E-state index in [0.29, 0.717) is 40.5 Å². The fourth-order valence-corrected chi connectivity index (χ4v) is 8.65. The molecule has 0 spiro atoms. The molecular weight excluding hydrogens is 538 g/mol. The lowest BCUT2D eigenvalue weighted by molar-refractivity contribution is -0.123. The summed E-state index contributed by atoms with van der Waals surface area (Å²) in [6.45, 7) is 4.97. The Bertz CT molecular complexity index is 1480. The van der Waals surface area contributed by atoms with Crippen LogP contribution in [-0.2, 0) is 21.4 Å². The summed E-state index contributed by atoms with van der Waals surface area (Å²) in [6.07, 6.45) is 2.78. The highest BCUT2D eigenvalue weighted by Gasteiger charge is 2.37. The number of amides is 1. The third-order valence-electron chi connectivity index (χ3n) is 6.33. The zero-order chi connectivity index (χ0) is 25.4. The zero-order valence-corrected chi connectivity index (χ0v) is 23.1. The molecule has 0 saturated carbocycles. The highest BCUT2D eigenvalue weighted by Crippen LogP contribution is 2.36. The van der Waals surface area contributed by atoms with Crippen molar-refractivity contribution in [3.05, 3.63) is 64.4 Å². The lowest BCUT2D eigenvalue weighted by Crippen LogP contribution is -2.46. The van der Waals surface area contributed by atoms with Crippen molar-refractivity contribution in [1.29, 1.82) is 0 Å². The number of hydrogen-bond donors (Lipinski definition) is 0. The van der Waals surface area contributed by atoms with Crippen LogP contribution in [0.2, 0.25) is 4.34 Å². The number of fused-ring (bicyclic) bond motifs is 1. The van der Waals surface area contributed by atoms with Crippen molar-refractivity contribution in [2.45, 2.75) is 43.4 Å². The highest BCUT2D eigenvalue weighted by atomic mass is 35.5. The van der Waals surface area contributed by atoms with Gasteiger partial charge in [0, 0.05) is 13.1 Å². The number of rotatable bonds is 7. The second-order valence-electron chi connectivity index (χ2n) is 9.11. The zero-order valence-electron chi connectivity index (χ0n) is 19.9. The smallest absolute Gasteiger partial charge is 0.252 e. The number of hydrogen-bond acceptors (Lipinski definition) is 7. The normalized spacial score (nSPS) is 17.2. The Morgan fingerprint density at radius 1 is 1.22 bits per heavy atom. The summed E-state index contributed by atoms with van der Waals surface area (Å²) in [7, 11) is -3.72. The molecule has 1 unspecified atom stereocenters. The van der Waals surface area contributed by atoms with Crippen molar-refractivity contribution in [3.63, 3.8) is 0 Å². The SMILES string of the molecule is CC(C)c1cccc2sc(N(Cc3ccco3)C(=O)C3CCCN(S(=O)(=O)c4ccc(Cl)s4)C3)nc12. The number of carbonyl (C=O) groups excluding carboxylic acids is 1. The second-order valence-corrected chi connectivity index (χ2v) is 14.0. The van der Waals surface area contributed by atoms with E-state index in [-0.39, 0.29) is 23.2 Å². The average Bonchev–Trinajstić information content (AvgIpc) is 3.62. The molecule has 7 nitrogen and oxygen atoms in total. The van der Waals surface area contributed by atoms with E-state index in [2.05, 4.69) is 19.9 Å². The van der Waals surface area contributed by atoms with Gasteiger partial charge >= 0.3 is 0 Å². The standard InChI is InChI=1S/C25H26ClN3O4S3/c1-16(2)19-8-3-9-20-23(19)27-25(34-20)29(15-18-7-5-13-33-18)24(30)17-6-4-12-28(14-17)36(31,32)22-11-10-21(26)35-22/h3,5,7-11,13,16-17H,4,6,12,14-15H2,1-2H3. The van der Waals surface area contributed by atoms with E-state index in [4.69, 9.17) is 21.0 Å². The third kappa shape index (κ3) is 4.97. The van der Waals surface area contributed by atoms with Crippen LogP contribution < -0.4 is 4.90 Å². The molecule has 3 aromatic heterocycles. The predicted molar refractivity (Wildman–Crippen MR) is 144 cm³/mol. The van der Waals surface area contributed by atoms with Gasteiger partial charge in [0.15, 0.2) is 5.13 Å². The van der Waals surface area contributed by atoms with Crippen LogP contribution in [0.5, 0.6) is 0 Å². The predicted octanol–water partition coefficient (Wildman–Crippen LogP) is 6.36. The van der Waals surface area contributed by atoms with Gasteiger partial charge in [-0.25, -0.2) is 13.4 Å². The Kier molecular flexibility index (Phi) is 7.24. The Morgan fingerprint density at radius 2 is 2.06 bits per heavy atom. The molecule has 5 rings (SSSR count). The van der Waals surface area contributed by atoms with Crippen molar-refractivity contribution >= 4 is 65.6 Å². The molecule has 0 bridgehead atoms. The minimum Gasteiger partial charge on any atom is -0.467 e. The number of nitrogens with zero attached hydrogens (tertiary/aromatic N) is 3. The maximum Gasteiger partial charge on any atom is 0.252 e. The van der Waals surface area contributed by atoms with Crippen LogP contribution in [0.1, 0.15) is 43.9 Å². The molecule has 0 radical (unpaired) electrons. The number of halogens is 1. The van der Waals surface area contributed by atoms with Gasteiger partial charge in [0.2, 0.25) is 5.91 Å². The van der Waals surface area contributed by atoms with E-state index in [9.17, 15) is 13.2 Å². The number of sulfonamides is 1. The van der Waals surface area contributed by atoms with Crippen molar-refractivity contribution in [1.82, 2.24) is 9.29 Å². The largest absolute Gasteiger partial charge is 0.467 e. The maximum absolute atomic E-state index is 13.9. The van der Waals surface area contributed by atoms with Crippen molar-refractivity contribution in [2.75, 3.05) is 18.0 Å². The lowest BCUT2D eigenvalue weighted by atomic mass is 9.98. The lowest BCUT2D eigenvalue weighted by Gasteiger charge is -2.33. The van der Waals surface area contributed by atoms with Gasteiger partial charge in [0.25, 0.3) is 10.0 Å². The van der Waals surface area contributed by atoms with Gasteiger partial charge in [-0.05, 0) is 54.7 Å². The molecule has 11 heteroatoms. The molecule has 1 fully saturated rings. The van der Waals surface area contributed by atoms with E-state index in [0.717, 1.165) is 27.1 Å². The number of anilines is 1. The first kappa shape index (κ1) is 25.4. The Hall–Kier alpha value is -2.24. The molecule has 1 aliphatic rings. The summed E-state index contributed by atoms with van der Waals surface area (Å²) in [4.78, 5) is 20.5. The minimum absolute atomic E-state index is 0.119. The Morgan fingerprint density at radius 3 is 2.75 bits per heavy atom. The molecule has 190 valence electrons. The molecule has 1 aromatic carbocycles. The molecule has 1 saturated heterocycles. The summed E-state index contributed by atoms with van der Waals surface area (Å²) in [5.74, 6) is 0.289. The molecular formula is C25H26ClN3O4S3. The van der Waals surface area contributed by atoms with E-state index in [1.54, 1.807) is 23.3 Å². The molecule has 0 aliphatic carbocycles. The van der Waals surface area contributed by atoms with Gasteiger partial charge in [0.05, 0.1) is 33.3 Å². The van der Waals surface area contributed by atoms with Crippen LogP contribution in [0.4, 0.5) is 5.13 Å². The summed E-state index contributed by atoms with van der Waals surface area (Å²) >= 11 is 8.48. The third-order valence-corrected chi connectivity index (χ3v) is 10.9. The van der Waals surface area contributed by atoms with Gasteiger partial charge in [0.1, 0.15) is 9.97 Å². The van der Waals surface area contributed by atoms with Crippen LogP contribution >= 0.6 is 34.3 Å². The number of benzene rings is 1. The van der Waals surface area contributed by atoms with Gasteiger partial charge in [-0.1, -0.05) is 48.9 Å². The number of para-hydroxylation sites is 1. The maximum atomic E-state index is 13.9. The van der Waals surface area contributed by atoms with E-state index >= 15 is 0 Å². The van der Waals surface area contributed by atoms with Crippen LogP contribution in [0, 0.1) is 5.92 Å². The Balaban J connectivity index is 1.47. The van der Waals surface area contributed by atoms with Crippen molar-refractivity contribution in [3.8, 4) is 0 Å². The molecule has 1 amide bonds. The van der Waals surface area contributed by atoms with Gasteiger partial charge in [-0.15, -0.1) is 11.3 Å². The van der Waals surface area contributed by atoms with Gasteiger partial charge < -0.3 is 4.42 Å². The van der Waals surface area contributed by atoms with Gasteiger partial charge in [-0.3, -0.25) is 9.69 Å². The minimum atomic E-state index is -3.72. The Labute approximate surface area is 223 Å². The molecule has 1 atom stereocenters. The summed E-state index contributed by atoms with van der Waals surface area (Å²) in [5, 5.41) is 0.588. The van der Waals surface area contributed by atoms with E-state index in [1.807, 2.05) is 18.2 Å². The summed E-state index contributed by atoms with van der Waals surface area (Å²) < 4.78 is 35.0. The molecule has 4 heterocycles. The van der Waals surface area contributed by atoms with Crippen LogP contribution in [0.25, 0.3) is 10.2 Å². The number of thiazole rings is 1. The van der Waals surface area contributed by atoms with Crippen molar-refractivity contribution < 1.29 is 17.6 Å². The first-order chi connectivity index (χ1) is 17.2. The van der Waals surface area contributed by atoms with Gasteiger partial charge in [-0.2, -0.15) is 4.31 Å². The van der Waals surface area contributed by atoms with Crippen molar-refractivity contribution in [2.24, 2.45) is 5.92 Å². The number of aromatic nitrogens is 1. The molecule has 0 N–H and O–H groups in total. The number of carbonyl (C=O) groups is 1. The number of furan rings is 1.